The maximum absolute atomic E-state index is 5.53. The molecule has 0 spiro atoms. The summed E-state index contributed by atoms with van der Waals surface area (Å²) in [5, 5.41) is 6.84. The number of nitrogens with zero attached hydrogens (tertiary/aromatic N) is 2. The van der Waals surface area contributed by atoms with Crippen molar-refractivity contribution in [2.75, 3.05) is 34.8 Å². The Hall–Kier alpha value is -1.32. The number of rotatable bonds is 8. The highest BCUT2D eigenvalue weighted by Gasteiger charge is 2.18. The molecule has 1 atom stereocenters. The number of benzene rings is 1. The average molecular weight is 502 g/mol. The summed E-state index contributed by atoms with van der Waals surface area (Å²) in [6, 6.07) is 12.7. The third-order valence-electron chi connectivity index (χ3n) is 4.30. The summed E-state index contributed by atoms with van der Waals surface area (Å²) in [7, 11) is 7.67. The van der Waals surface area contributed by atoms with Crippen molar-refractivity contribution in [2.45, 2.75) is 25.9 Å². The molecule has 5 nitrogen and oxygen atoms in total. The van der Waals surface area contributed by atoms with Gasteiger partial charge in [0.1, 0.15) is 5.75 Å². The van der Waals surface area contributed by atoms with E-state index in [0.29, 0.717) is 0 Å². The summed E-state index contributed by atoms with van der Waals surface area (Å²) in [4.78, 5) is 9.26. The molecule has 1 unspecified atom stereocenters. The van der Waals surface area contributed by atoms with Crippen LogP contribution in [0.4, 0.5) is 0 Å². The van der Waals surface area contributed by atoms with Crippen LogP contribution in [0.3, 0.4) is 0 Å². The predicted octanol–water partition coefficient (Wildman–Crippen LogP) is 3.91. The lowest BCUT2D eigenvalue weighted by Gasteiger charge is -2.27. The number of methoxy groups -OCH3 is 1. The molecule has 0 aliphatic rings. The number of thiophene rings is 1. The van der Waals surface area contributed by atoms with Gasteiger partial charge in [0.05, 0.1) is 19.7 Å². The van der Waals surface area contributed by atoms with Gasteiger partial charge in [-0.05, 0) is 38.7 Å². The molecule has 0 saturated carbocycles. The van der Waals surface area contributed by atoms with Gasteiger partial charge in [0.25, 0.3) is 0 Å². The number of ether oxygens (including phenoxy) is 1. The first-order valence-electron chi connectivity index (χ1n) is 8.90. The molecule has 2 rings (SSSR count). The van der Waals surface area contributed by atoms with Crippen molar-refractivity contribution >= 4 is 41.3 Å². The monoisotopic (exact) mass is 502 g/mol. The molecule has 0 saturated heterocycles. The Balaban J connectivity index is 0.00000364. The van der Waals surface area contributed by atoms with Gasteiger partial charge in [0.15, 0.2) is 5.96 Å². The Kier molecular flexibility index (Phi) is 10.7. The van der Waals surface area contributed by atoms with Crippen LogP contribution in [0.5, 0.6) is 5.75 Å². The first kappa shape index (κ1) is 23.7. The molecule has 27 heavy (non-hydrogen) atoms. The Morgan fingerprint density at radius 1 is 1.15 bits per heavy atom. The van der Waals surface area contributed by atoms with E-state index in [-0.39, 0.29) is 30.0 Å². The summed E-state index contributed by atoms with van der Waals surface area (Å²) >= 11 is 1.85. The van der Waals surface area contributed by atoms with Gasteiger partial charge in [0.2, 0.25) is 0 Å². The zero-order chi connectivity index (χ0) is 18.9. The second kappa shape index (κ2) is 12.2. The molecule has 2 N–H and O–H groups in total. The van der Waals surface area contributed by atoms with Gasteiger partial charge in [-0.2, -0.15) is 0 Å². The van der Waals surface area contributed by atoms with Crippen LogP contribution in [0.1, 0.15) is 28.3 Å². The molecule has 1 aromatic carbocycles. The smallest absolute Gasteiger partial charge is 0.191 e. The van der Waals surface area contributed by atoms with Crippen LogP contribution in [0.25, 0.3) is 0 Å². The van der Waals surface area contributed by atoms with Gasteiger partial charge >= 0.3 is 0 Å². The number of hydrogen-bond acceptors (Lipinski definition) is 4. The number of para-hydroxylation sites is 1. The highest BCUT2D eigenvalue weighted by atomic mass is 127. The first-order chi connectivity index (χ1) is 12.6. The normalized spacial score (nSPS) is 12.4. The minimum atomic E-state index is 0. The minimum Gasteiger partial charge on any atom is -0.496 e. The van der Waals surface area contributed by atoms with E-state index in [1.54, 1.807) is 14.2 Å². The second-order valence-corrected chi connectivity index (χ2v) is 7.50. The average Bonchev–Trinajstić information content (AvgIpc) is 3.12. The second-order valence-electron chi connectivity index (χ2n) is 6.25. The van der Waals surface area contributed by atoms with E-state index in [0.717, 1.165) is 36.8 Å². The maximum Gasteiger partial charge on any atom is 0.191 e. The fourth-order valence-corrected chi connectivity index (χ4v) is 3.70. The Morgan fingerprint density at radius 3 is 2.44 bits per heavy atom. The molecule has 0 aliphatic carbocycles. The van der Waals surface area contributed by atoms with Crippen LogP contribution in [-0.2, 0) is 13.0 Å². The molecule has 0 bridgehead atoms. The summed E-state index contributed by atoms with van der Waals surface area (Å²) < 4.78 is 5.53. The molecule has 0 aliphatic heterocycles. The molecule has 0 amide bonds. The number of aryl methyl sites for hydroxylation is 1. The fourth-order valence-electron chi connectivity index (χ4n) is 2.80. The zero-order valence-electron chi connectivity index (χ0n) is 16.8. The van der Waals surface area contributed by atoms with Crippen LogP contribution in [-0.4, -0.2) is 45.7 Å². The number of guanidine groups is 1. The summed E-state index contributed by atoms with van der Waals surface area (Å²) in [5.74, 6) is 1.71. The quantitative estimate of drug-likeness (QED) is 0.327. The Morgan fingerprint density at radius 2 is 1.85 bits per heavy atom. The van der Waals surface area contributed by atoms with E-state index in [2.05, 4.69) is 59.7 Å². The van der Waals surface area contributed by atoms with Crippen molar-refractivity contribution in [1.82, 2.24) is 15.5 Å². The lowest BCUT2D eigenvalue weighted by atomic mass is 10.0. The van der Waals surface area contributed by atoms with Crippen LogP contribution in [0, 0.1) is 0 Å². The number of nitrogens with one attached hydrogen (secondary N) is 2. The van der Waals surface area contributed by atoms with Gasteiger partial charge in [-0.3, -0.25) is 4.99 Å². The molecule has 1 heterocycles. The molecular weight excluding hydrogens is 471 g/mol. The van der Waals surface area contributed by atoms with Gasteiger partial charge in [-0.25, -0.2) is 0 Å². The topological polar surface area (TPSA) is 48.9 Å². The Labute approximate surface area is 184 Å². The van der Waals surface area contributed by atoms with Crippen molar-refractivity contribution in [3.05, 3.63) is 51.7 Å². The standard InChI is InChI=1S/C20H30N4OS.HI/c1-6-15-11-12-16(26-15)13-22-20(21-2)23-14-18(24(3)4)17-9-7-8-10-19(17)25-5;/h7-12,18H,6,13-14H2,1-5H3,(H2,21,22,23);1H. The SMILES string of the molecule is CCc1ccc(CNC(=NC)NCC(c2ccccc2OC)N(C)C)s1.I. The van der Waals surface area contributed by atoms with Gasteiger partial charge < -0.3 is 20.3 Å². The van der Waals surface area contributed by atoms with Crippen molar-refractivity contribution in [3.63, 3.8) is 0 Å². The van der Waals surface area contributed by atoms with Crippen molar-refractivity contribution < 1.29 is 4.74 Å². The van der Waals surface area contributed by atoms with Crippen LogP contribution >= 0.6 is 35.3 Å². The molecule has 7 heteroatoms. The summed E-state index contributed by atoms with van der Waals surface area (Å²) in [5.41, 5.74) is 1.16. The van der Waals surface area contributed by atoms with E-state index in [4.69, 9.17) is 4.74 Å². The molecule has 0 radical (unpaired) electrons. The zero-order valence-corrected chi connectivity index (χ0v) is 19.9. The van der Waals surface area contributed by atoms with Gasteiger partial charge in [-0.1, -0.05) is 25.1 Å². The van der Waals surface area contributed by atoms with E-state index >= 15 is 0 Å². The number of hydrogen-bond donors (Lipinski definition) is 2. The molecule has 2 aromatic rings. The van der Waals surface area contributed by atoms with Gasteiger partial charge in [-0.15, -0.1) is 35.3 Å². The lowest BCUT2D eigenvalue weighted by Crippen LogP contribution is -2.41. The summed E-state index contributed by atoms with van der Waals surface area (Å²) in [6.07, 6.45) is 1.08. The van der Waals surface area contributed by atoms with E-state index < -0.39 is 0 Å². The lowest BCUT2D eigenvalue weighted by molar-refractivity contribution is 0.287. The minimum absolute atomic E-state index is 0. The highest BCUT2D eigenvalue weighted by Crippen LogP contribution is 2.27. The Bertz CT molecular complexity index is 718. The first-order valence-corrected chi connectivity index (χ1v) is 9.72. The predicted molar refractivity (Wildman–Crippen MR) is 127 cm³/mol. The van der Waals surface area contributed by atoms with Crippen LogP contribution in [0.2, 0.25) is 0 Å². The number of aliphatic imine (C=N–C) groups is 1. The number of likely N-dealkylation sites (N-methyl/N-ethyl adjacent to an activating group) is 1. The molecule has 0 fully saturated rings. The van der Waals surface area contributed by atoms with E-state index in [1.165, 1.54) is 9.75 Å². The number of halogens is 1. The van der Waals surface area contributed by atoms with E-state index in [9.17, 15) is 0 Å². The van der Waals surface area contributed by atoms with Crippen molar-refractivity contribution in [2.24, 2.45) is 4.99 Å². The maximum atomic E-state index is 5.53. The molecular formula is C20H31IN4OS. The van der Waals surface area contributed by atoms with E-state index in [1.807, 2.05) is 29.5 Å². The third-order valence-corrected chi connectivity index (χ3v) is 5.53. The third kappa shape index (κ3) is 6.97. The van der Waals surface area contributed by atoms with Crippen LogP contribution in [0.15, 0.2) is 41.4 Å². The largest absolute Gasteiger partial charge is 0.496 e. The van der Waals surface area contributed by atoms with Crippen molar-refractivity contribution in [3.8, 4) is 5.75 Å². The van der Waals surface area contributed by atoms with Gasteiger partial charge in [0, 0.05) is 28.9 Å². The van der Waals surface area contributed by atoms with Crippen LogP contribution < -0.4 is 15.4 Å². The summed E-state index contributed by atoms with van der Waals surface area (Å²) in [6.45, 7) is 3.70. The van der Waals surface area contributed by atoms with Crippen molar-refractivity contribution in [1.29, 1.82) is 0 Å². The fraction of sp³-hybridized carbons (Fsp3) is 0.450. The highest BCUT2D eigenvalue weighted by molar-refractivity contribution is 14.0. The molecule has 1 aromatic heterocycles. The molecule has 150 valence electrons.